The van der Waals surface area contributed by atoms with E-state index in [1.165, 1.54) is 11.8 Å². The summed E-state index contributed by atoms with van der Waals surface area (Å²) in [6, 6.07) is 24.1. The van der Waals surface area contributed by atoms with E-state index in [1.807, 2.05) is 79.7 Å². The Morgan fingerprint density at radius 1 is 0.943 bits per heavy atom. The van der Waals surface area contributed by atoms with Gasteiger partial charge in [0.05, 0.1) is 35.1 Å². The quantitative estimate of drug-likeness (QED) is 0.294. The van der Waals surface area contributed by atoms with Crippen molar-refractivity contribution in [1.29, 1.82) is 0 Å². The number of amides is 1. The first-order valence-electron chi connectivity index (χ1n) is 11.5. The van der Waals surface area contributed by atoms with E-state index in [9.17, 15) is 9.59 Å². The molecule has 0 spiro atoms. The minimum atomic E-state index is -0.409. The molecule has 1 atom stereocenters. The van der Waals surface area contributed by atoms with Crippen molar-refractivity contribution in [3.63, 3.8) is 0 Å². The van der Waals surface area contributed by atoms with E-state index >= 15 is 0 Å². The highest BCUT2D eigenvalue weighted by atomic mass is 32.2. The molecule has 0 saturated carbocycles. The second kappa shape index (κ2) is 10.3. The van der Waals surface area contributed by atoms with E-state index in [-0.39, 0.29) is 11.5 Å². The fourth-order valence-electron chi connectivity index (χ4n) is 3.96. The van der Waals surface area contributed by atoms with Crippen LogP contribution in [-0.4, -0.2) is 51.9 Å². The zero-order valence-corrected chi connectivity index (χ0v) is 20.1. The molecule has 5 rings (SSSR count). The monoisotopic (exact) mass is 487 g/mol. The molecule has 3 aromatic carbocycles. The van der Waals surface area contributed by atoms with Gasteiger partial charge in [-0.25, -0.2) is 4.98 Å². The number of carbonyl (C=O) groups is 1. The highest BCUT2D eigenvalue weighted by Crippen LogP contribution is 2.28. The second-order valence-corrected chi connectivity index (χ2v) is 9.47. The minimum absolute atomic E-state index is 0.0128. The van der Waals surface area contributed by atoms with Crippen LogP contribution in [0.15, 0.2) is 88.8 Å². The summed E-state index contributed by atoms with van der Waals surface area (Å²) < 4.78 is 12.8. The summed E-state index contributed by atoms with van der Waals surface area (Å²) in [5, 5.41) is 0.584. The predicted molar refractivity (Wildman–Crippen MR) is 137 cm³/mol. The lowest BCUT2D eigenvalue weighted by Crippen LogP contribution is -2.44. The molecule has 4 aromatic rings. The number of aromatic nitrogens is 2. The average Bonchev–Trinajstić information content (AvgIpc) is 2.90. The summed E-state index contributed by atoms with van der Waals surface area (Å²) >= 11 is 1.29. The fourth-order valence-corrected chi connectivity index (χ4v) is 4.97. The number of benzene rings is 3. The van der Waals surface area contributed by atoms with Crippen molar-refractivity contribution >= 4 is 28.6 Å². The first-order valence-corrected chi connectivity index (χ1v) is 12.4. The Bertz CT molecular complexity index is 1380. The van der Waals surface area contributed by atoms with Gasteiger partial charge in [-0.3, -0.25) is 14.2 Å². The fraction of sp³-hybridized carbons (Fsp3) is 0.222. The number of thioether (sulfide) groups is 1. The van der Waals surface area contributed by atoms with E-state index in [4.69, 9.17) is 14.5 Å². The summed E-state index contributed by atoms with van der Waals surface area (Å²) in [5.41, 5.74) is 1.08. The van der Waals surface area contributed by atoms with Crippen LogP contribution in [0.4, 0.5) is 0 Å². The number of ether oxygens (including phenoxy) is 2. The molecule has 0 aliphatic carbocycles. The Balaban J connectivity index is 1.49. The molecule has 1 amide bonds. The van der Waals surface area contributed by atoms with Gasteiger partial charge in [0.25, 0.3) is 5.56 Å². The van der Waals surface area contributed by atoms with Crippen molar-refractivity contribution in [1.82, 2.24) is 14.5 Å². The van der Waals surface area contributed by atoms with Crippen LogP contribution in [0.5, 0.6) is 11.5 Å². The van der Waals surface area contributed by atoms with Gasteiger partial charge in [-0.05, 0) is 55.5 Å². The normalized spacial score (nSPS) is 14.6. The first-order chi connectivity index (χ1) is 17.1. The van der Waals surface area contributed by atoms with E-state index in [0.717, 1.165) is 5.75 Å². The summed E-state index contributed by atoms with van der Waals surface area (Å²) in [4.78, 5) is 33.2. The third-order valence-electron chi connectivity index (χ3n) is 5.77. The van der Waals surface area contributed by atoms with Crippen LogP contribution in [0.25, 0.3) is 16.6 Å². The SMILES string of the molecule is CC(Sc1nc2ccccc2c(=O)n1-c1ccc(Oc2ccccc2)cc1)C(=O)N1CCOCC1. The zero-order valence-electron chi connectivity index (χ0n) is 19.3. The number of hydrogen-bond acceptors (Lipinski definition) is 6. The minimum Gasteiger partial charge on any atom is -0.457 e. The van der Waals surface area contributed by atoms with Crippen LogP contribution < -0.4 is 10.3 Å². The lowest BCUT2D eigenvalue weighted by molar-refractivity contribution is -0.134. The van der Waals surface area contributed by atoms with E-state index in [2.05, 4.69) is 0 Å². The highest BCUT2D eigenvalue weighted by molar-refractivity contribution is 8.00. The Morgan fingerprint density at radius 2 is 1.60 bits per heavy atom. The van der Waals surface area contributed by atoms with Crippen molar-refractivity contribution < 1.29 is 14.3 Å². The van der Waals surface area contributed by atoms with Gasteiger partial charge in [0.2, 0.25) is 5.91 Å². The lowest BCUT2D eigenvalue weighted by Gasteiger charge is -2.29. The molecule has 1 aromatic heterocycles. The Morgan fingerprint density at radius 3 is 2.34 bits per heavy atom. The van der Waals surface area contributed by atoms with Crippen molar-refractivity contribution in [3.05, 3.63) is 89.2 Å². The van der Waals surface area contributed by atoms with Crippen molar-refractivity contribution in [3.8, 4) is 17.2 Å². The zero-order chi connectivity index (χ0) is 24.2. The topological polar surface area (TPSA) is 73.7 Å². The third-order valence-corrected chi connectivity index (χ3v) is 6.81. The molecule has 178 valence electrons. The van der Waals surface area contributed by atoms with Gasteiger partial charge in [-0.15, -0.1) is 0 Å². The number of para-hydroxylation sites is 2. The van der Waals surface area contributed by atoms with Crippen LogP contribution in [-0.2, 0) is 9.53 Å². The molecule has 1 fully saturated rings. The number of morpholine rings is 1. The molecule has 0 radical (unpaired) electrons. The highest BCUT2D eigenvalue weighted by Gasteiger charge is 2.25. The molecular weight excluding hydrogens is 462 g/mol. The van der Waals surface area contributed by atoms with E-state index in [1.54, 1.807) is 15.5 Å². The molecule has 1 aliphatic heterocycles. The van der Waals surface area contributed by atoms with E-state index in [0.29, 0.717) is 53.8 Å². The van der Waals surface area contributed by atoms with Gasteiger partial charge in [0, 0.05) is 13.1 Å². The molecule has 7 nitrogen and oxygen atoms in total. The van der Waals surface area contributed by atoms with Crippen LogP contribution in [0.1, 0.15) is 6.92 Å². The van der Waals surface area contributed by atoms with Gasteiger partial charge in [0.15, 0.2) is 5.16 Å². The van der Waals surface area contributed by atoms with Gasteiger partial charge in [-0.2, -0.15) is 0 Å². The molecule has 0 bridgehead atoms. The molecule has 1 saturated heterocycles. The second-order valence-electron chi connectivity index (χ2n) is 8.16. The van der Waals surface area contributed by atoms with Gasteiger partial charge in [-0.1, -0.05) is 42.1 Å². The summed E-state index contributed by atoms with van der Waals surface area (Å²) in [6.07, 6.45) is 0. The van der Waals surface area contributed by atoms with Crippen LogP contribution >= 0.6 is 11.8 Å². The maximum Gasteiger partial charge on any atom is 0.266 e. The maximum absolute atomic E-state index is 13.5. The van der Waals surface area contributed by atoms with Crippen LogP contribution in [0.3, 0.4) is 0 Å². The third kappa shape index (κ3) is 5.08. The Kier molecular flexibility index (Phi) is 6.83. The molecular formula is C27H25N3O4S. The largest absolute Gasteiger partial charge is 0.457 e. The standard InChI is InChI=1S/C27H25N3O4S/c1-19(25(31)29-15-17-33-18-16-29)35-27-28-24-10-6-5-9-23(24)26(32)30(27)20-11-13-22(14-12-20)34-21-7-3-2-4-8-21/h2-14,19H,15-18H2,1H3. The van der Waals surface area contributed by atoms with Crippen molar-refractivity contribution in [2.24, 2.45) is 0 Å². The number of nitrogens with zero attached hydrogens (tertiary/aromatic N) is 3. The van der Waals surface area contributed by atoms with Gasteiger partial charge in [0.1, 0.15) is 11.5 Å². The molecule has 1 unspecified atom stereocenters. The number of fused-ring (bicyclic) bond motifs is 1. The summed E-state index contributed by atoms with van der Waals surface area (Å²) in [7, 11) is 0. The Hall–Kier alpha value is -3.62. The molecule has 2 heterocycles. The molecule has 1 aliphatic rings. The maximum atomic E-state index is 13.5. The number of carbonyl (C=O) groups excluding carboxylic acids is 1. The first kappa shape index (κ1) is 23.1. The van der Waals surface area contributed by atoms with Crippen molar-refractivity contribution in [2.75, 3.05) is 26.3 Å². The van der Waals surface area contributed by atoms with Gasteiger partial charge >= 0.3 is 0 Å². The molecule has 0 N–H and O–H groups in total. The summed E-state index contributed by atoms with van der Waals surface area (Å²) in [6.45, 7) is 4.08. The average molecular weight is 488 g/mol. The number of rotatable bonds is 6. The predicted octanol–water partition coefficient (Wildman–Crippen LogP) is 4.52. The van der Waals surface area contributed by atoms with E-state index < -0.39 is 5.25 Å². The lowest BCUT2D eigenvalue weighted by atomic mass is 10.2. The molecule has 35 heavy (non-hydrogen) atoms. The summed E-state index contributed by atoms with van der Waals surface area (Å²) in [5.74, 6) is 1.40. The van der Waals surface area contributed by atoms with Gasteiger partial charge < -0.3 is 14.4 Å². The van der Waals surface area contributed by atoms with Crippen LogP contribution in [0, 0.1) is 0 Å². The van der Waals surface area contributed by atoms with Crippen LogP contribution in [0.2, 0.25) is 0 Å². The smallest absolute Gasteiger partial charge is 0.266 e. The Labute approximate surface area is 207 Å². The number of hydrogen-bond donors (Lipinski definition) is 0. The molecule has 8 heteroatoms. The van der Waals surface area contributed by atoms with Crippen molar-refractivity contribution in [2.45, 2.75) is 17.3 Å².